The van der Waals surface area contributed by atoms with E-state index in [4.69, 9.17) is 9.47 Å². The van der Waals surface area contributed by atoms with Crippen LogP contribution < -0.4 is 4.74 Å². The van der Waals surface area contributed by atoms with E-state index in [1.54, 1.807) is 18.2 Å². The fourth-order valence-electron chi connectivity index (χ4n) is 1.55. The summed E-state index contributed by atoms with van der Waals surface area (Å²) >= 11 is 0. The van der Waals surface area contributed by atoms with Gasteiger partial charge >= 0.3 is 5.97 Å². The summed E-state index contributed by atoms with van der Waals surface area (Å²) in [6.07, 6.45) is 0. The lowest BCUT2D eigenvalue weighted by Crippen LogP contribution is -2.07. The third-order valence-corrected chi connectivity index (χ3v) is 2.63. The van der Waals surface area contributed by atoms with Gasteiger partial charge in [0.25, 0.3) is 0 Å². The predicted octanol–water partition coefficient (Wildman–Crippen LogP) is 3.78. The minimum Gasteiger partial charge on any atom is -0.481 e. The molecule has 2 rings (SSSR count). The fourth-order valence-corrected chi connectivity index (χ4v) is 1.55. The van der Waals surface area contributed by atoms with E-state index < -0.39 is 5.97 Å². The van der Waals surface area contributed by atoms with Crippen molar-refractivity contribution in [1.29, 1.82) is 0 Å². The minimum atomic E-state index is -0.459. The van der Waals surface area contributed by atoms with Crippen LogP contribution in [0.25, 0.3) is 0 Å². The Kier molecular flexibility index (Phi) is 6.95. The van der Waals surface area contributed by atoms with Gasteiger partial charge in [-0.05, 0) is 18.6 Å². The van der Waals surface area contributed by atoms with Gasteiger partial charge in [-0.2, -0.15) is 0 Å². The summed E-state index contributed by atoms with van der Waals surface area (Å²) in [4.78, 5) is 15.8. The van der Waals surface area contributed by atoms with Gasteiger partial charge in [-0.15, -0.1) is 0 Å². The molecule has 1 aromatic carbocycles. The van der Waals surface area contributed by atoms with Crippen molar-refractivity contribution in [3.05, 3.63) is 59.3 Å². The molecule has 1 aromatic heterocycles. The standard InChI is InChI=1S/C15H15NO3.C2H6/c1-11-6-8-12(9-7-11)10-19-15(17)13-4-3-5-14(16-13)18-2;1-2/h3-9H,10H2,1-2H3;1-2H3. The molecule has 112 valence electrons. The van der Waals surface area contributed by atoms with Crippen LogP contribution in [0.2, 0.25) is 0 Å². The number of carbonyl (C=O) groups excluding carboxylic acids is 1. The molecule has 0 N–H and O–H groups in total. The van der Waals surface area contributed by atoms with Crippen molar-refractivity contribution in [2.45, 2.75) is 27.4 Å². The zero-order chi connectivity index (χ0) is 15.7. The van der Waals surface area contributed by atoms with Gasteiger partial charge in [-0.3, -0.25) is 0 Å². The second kappa shape index (κ2) is 8.74. The molecule has 2 aromatic rings. The van der Waals surface area contributed by atoms with Crippen molar-refractivity contribution in [3.8, 4) is 5.88 Å². The number of aryl methyl sites for hydroxylation is 1. The highest BCUT2D eigenvalue weighted by Crippen LogP contribution is 2.10. The quantitative estimate of drug-likeness (QED) is 0.803. The summed E-state index contributed by atoms with van der Waals surface area (Å²) in [5.74, 6) is -0.0655. The van der Waals surface area contributed by atoms with Crippen LogP contribution in [0.5, 0.6) is 5.88 Å². The maximum atomic E-state index is 11.8. The van der Waals surface area contributed by atoms with Crippen LogP contribution in [-0.4, -0.2) is 18.1 Å². The molecule has 0 aliphatic rings. The molecule has 21 heavy (non-hydrogen) atoms. The van der Waals surface area contributed by atoms with Crippen molar-refractivity contribution in [2.24, 2.45) is 0 Å². The number of hydrogen-bond acceptors (Lipinski definition) is 4. The van der Waals surface area contributed by atoms with E-state index in [1.165, 1.54) is 12.7 Å². The van der Waals surface area contributed by atoms with Gasteiger partial charge in [0.05, 0.1) is 7.11 Å². The van der Waals surface area contributed by atoms with E-state index in [2.05, 4.69) is 4.98 Å². The molecular formula is C17H21NO3. The van der Waals surface area contributed by atoms with E-state index in [9.17, 15) is 4.79 Å². The molecular weight excluding hydrogens is 266 g/mol. The highest BCUT2D eigenvalue weighted by atomic mass is 16.5. The van der Waals surface area contributed by atoms with Gasteiger partial charge in [0, 0.05) is 6.07 Å². The number of carbonyl (C=O) groups is 1. The van der Waals surface area contributed by atoms with Crippen LogP contribution in [0.1, 0.15) is 35.5 Å². The third kappa shape index (κ3) is 5.26. The van der Waals surface area contributed by atoms with E-state index >= 15 is 0 Å². The van der Waals surface area contributed by atoms with Gasteiger partial charge in [0.15, 0.2) is 5.69 Å². The molecule has 0 saturated heterocycles. The van der Waals surface area contributed by atoms with Crippen molar-refractivity contribution in [2.75, 3.05) is 7.11 Å². The van der Waals surface area contributed by atoms with Crippen LogP contribution in [-0.2, 0) is 11.3 Å². The van der Waals surface area contributed by atoms with Crippen molar-refractivity contribution < 1.29 is 14.3 Å². The molecule has 0 amide bonds. The van der Waals surface area contributed by atoms with Crippen LogP contribution in [0.4, 0.5) is 0 Å². The number of rotatable bonds is 4. The topological polar surface area (TPSA) is 48.4 Å². The summed E-state index contributed by atoms with van der Waals surface area (Å²) in [5.41, 5.74) is 2.36. The summed E-state index contributed by atoms with van der Waals surface area (Å²) in [5, 5.41) is 0. The molecule has 1 heterocycles. The number of methoxy groups -OCH3 is 1. The number of ether oxygens (including phenoxy) is 2. The Morgan fingerprint density at radius 1 is 1.10 bits per heavy atom. The minimum absolute atomic E-state index is 0.234. The summed E-state index contributed by atoms with van der Waals surface area (Å²) in [6, 6.07) is 12.8. The van der Waals surface area contributed by atoms with Crippen molar-refractivity contribution >= 4 is 5.97 Å². The number of aromatic nitrogens is 1. The van der Waals surface area contributed by atoms with E-state index in [0.717, 1.165) is 5.56 Å². The highest BCUT2D eigenvalue weighted by molar-refractivity contribution is 5.87. The molecule has 0 radical (unpaired) electrons. The monoisotopic (exact) mass is 287 g/mol. The van der Waals surface area contributed by atoms with Crippen molar-refractivity contribution in [3.63, 3.8) is 0 Å². The van der Waals surface area contributed by atoms with Crippen LogP contribution in [0.15, 0.2) is 42.5 Å². The first-order valence-corrected chi connectivity index (χ1v) is 6.93. The van der Waals surface area contributed by atoms with Gasteiger partial charge in [-0.1, -0.05) is 49.7 Å². The average Bonchev–Trinajstić information content (AvgIpc) is 2.56. The van der Waals surface area contributed by atoms with Gasteiger partial charge in [0.2, 0.25) is 5.88 Å². The van der Waals surface area contributed by atoms with E-state index in [-0.39, 0.29) is 12.3 Å². The number of hydrogen-bond donors (Lipinski definition) is 0. The molecule has 0 aliphatic heterocycles. The second-order valence-electron chi connectivity index (χ2n) is 4.13. The van der Waals surface area contributed by atoms with E-state index in [1.807, 2.05) is 45.0 Å². The normalized spacial score (nSPS) is 9.33. The SMILES string of the molecule is CC.COc1cccc(C(=O)OCc2ccc(C)cc2)n1. The largest absolute Gasteiger partial charge is 0.481 e. The van der Waals surface area contributed by atoms with Gasteiger partial charge in [0.1, 0.15) is 6.61 Å². The zero-order valence-electron chi connectivity index (χ0n) is 12.9. The first-order chi connectivity index (χ1) is 10.2. The summed E-state index contributed by atoms with van der Waals surface area (Å²) < 4.78 is 10.2. The molecule has 0 aliphatic carbocycles. The number of benzene rings is 1. The first-order valence-electron chi connectivity index (χ1n) is 6.93. The molecule has 0 atom stereocenters. The Labute approximate surface area is 125 Å². The van der Waals surface area contributed by atoms with Crippen LogP contribution in [0, 0.1) is 6.92 Å². The molecule has 4 nitrogen and oxygen atoms in total. The molecule has 0 spiro atoms. The Hall–Kier alpha value is -2.36. The maximum absolute atomic E-state index is 11.8. The Morgan fingerprint density at radius 3 is 2.38 bits per heavy atom. The van der Waals surface area contributed by atoms with Gasteiger partial charge < -0.3 is 9.47 Å². The molecule has 0 bridgehead atoms. The van der Waals surface area contributed by atoms with Gasteiger partial charge in [-0.25, -0.2) is 9.78 Å². The van der Waals surface area contributed by atoms with E-state index in [0.29, 0.717) is 5.88 Å². The third-order valence-electron chi connectivity index (χ3n) is 2.63. The predicted molar refractivity (Wildman–Crippen MR) is 82.4 cm³/mol. The Balaban J connectivity index is 0.00000106. The Morgan fingerprint density at radius 2 is 1.76 bits per heavy atom. The molecule has 0 saturated carbocycles. The average molecular weight is 287 g/mol. The smallest absolute Gasteiger partial charge is 0.357 e. The lowest BCUT2D eigenvalue weighted by Gasteiger charge is -2.05. The lowest BCUT2D eigenvalue weighted by atomic mass is 10.2. The molecule has 0 fully saturated rings. The number of esters is 1. The maximum Gasteiger partial charge on any atom is 0.357 e. The van der Waals surface area contributed by atoms with Crippen LogP contribution in [0.3, 0.4) is 0 Å². The second-order valence-corrected chi connectivity index (χ2v) is 4.13. The zero-order valence-corrected chi connectivity index (χ0v) is 12.9. The summed E-state index contributed by atoms with van der Waals surface area (Å²) in [6.45, 7) is 6.24. The molecule has 0 unspecified atom stereocenters. The van der Waals surface area contributed by atoms with Crippen molar-refractivity contribution in [1.82, 2.24) is 4.98 Å². The summed E-state index contributed by atoms with van der Waals surface area (Å²) in [7, 11) is 1.50. The number of nitrogens with zero attached hydrogens (tertiary/aromatic N) is 1. The van der Waals surface area contributed by atoms with Crippen LogP contribution >= 0.6 is 0 Å². The number of pyridine rings is 1. The Bertz CT molecular complexity index is 565. The molecule has 4 heteroatoms. The fraction of sp³-hybridized carbons (Fsp3) is 0.294. The lowest BCUT2D eigenvalue weighted by molar-refractivity contribution is 0.0465. The first kappa shape index (κ1) is 16.7. The highest BCUT2D eigenvalue weighted by Gasteiger charge is 2.09.